The zero-order valence-corrected chi connectivity index (χ0v) is 12.5. The SMILES string of the molecule is CC(C)C[C@](C)(CO)Nc1nc(N)nc2cccc(F)c12. The number of benzene rings is 1. The van der Waals surface area contributed by atoms with Crippen LogP contribution in [0.2, 0.25) is 0 Å². The molecule has 0 aliphatic carbocycles. The highest BCUT2D eigenvalue weighted by atomic mass is 19.1. The monoisotopic (exact) mass is 292 g/mol. The van der Waals surface area contributed by atoms with Gasteiger partial charge in [0.25, 0.3) is 0 Å². The number of nitrogens with one attached hydrogen (secondary N) is 1. The summed E-state index contributed by atoms with van der Waals surface area (Å²) in [6, 6.07) is 4.61. The van der Waals surface area contributed by atoms with Crippen LogP contribution in [-0.2, 0) is 0 Å². The molecule has 2 rings (SSSR count). The number of nitrogen functional groups attached to an aromatic ring is 1. The van der Waals surface area contributed by atoms with Crippen molar-refractivity contribution in [3.05, 3.63) is 24.0 Å². The molecule has 0 unspecified atom stereocenters. The van der Waals surface area contributed by atoms with Crippen molar-refractivity contribution in [2.24, 2.45) is 5.92 Å². The molecule has 4 N–H and O–H groups in total. The van der Waals surface area contributed by atoms with E-state index in [9.17, 15) is 9.50 Å². The van der Waals surface area contributed by atoms with Crippen molar-refractivity contribution in [2.45, 2.75) is 32.7 Å². The maximum absolute atomic E-state index is 14.1. The molecule has 5 nitrogen and oxygen atoms in total. The number of aliphatic hydroxyl groups is 1. The molecule has 1 aromatic carbocycles. The van der Waals surface area contributed by atoms with Crippen molar-refractivity contribution in [2.75, 3.05) is 17.7 Å². The van der Waals surface area contributed by atoms with Crippen LogP contribution < -0.4 is 11.1 Å². The minimum absolute atomic E-state index is 0.0698. The lowest BCUT2D eigenvalue weighted by atomic mass is 9.91. The summed E-state index contributed by atoms with van der Waals surface area (Å²) in [4.78, 5) is 8.14. The Labute approximate surface area is 123 Å². The molecule has 0 aliphatic rings. The number of hydrogen-bond acceptors (Lipinski definition) is 5. The molecular formula is C15H21FN4O. The molecule has 0 radical (unpaired) electrons. The first kappa shape index (κ1) is 15.4. The molecular weight excluding hydrogens is 271 g/mol. The predicted octanol–water partition coefficient (Wildman–Crippen LogP) is 2.56. The summed E-state index contributed by atoms with van der Waals surface area (Å²) in [5, 5.41) is 13.1. The quantitative estimate of drug-likeness (QED) is 0.788. The maximum atomic E-state index is 14.1. The van der Waals surface area contributed by atoms with E-state index in [2.05, 4.69) is 29.1 Å². The molecule has 114 valence electrons. The fourth-order valence-corrected chi connectivity index (χ4v) is 2.59. The molecule has 0 aliphatic heterocycles. The van der Waals surface area contributed by atoms with Gasteiger partial charge in [0.15, 0.2) is 0 Å². The average Bonchev–Trinajstić information content (AvgIpc) is 2.37. The van der Waals surface area contributed by atoms with E-state index in [-0.39, 0.29) is 17.9 Å². The lowest BCUT2D eigenvalue weighted by Crippen LogP contribution is -2.40. The maximum Gasteiger partial charge on any atom is 0.222 e. The van der Waals surface area contributed by atoms with Crippen LogP contribution in [0, 0.1) is 11.7 Å². The second-order valence-corrected chi connectivity index (χ2v) is 6.01. The summed E-state index contributed by atoms with van der Waals surface area (Å²) in [5.41, 5.74) is 5.52. The number of halogens is 1. The number of aromatic nitrogens is 2. The topological polar surface area (TPSA) is 84.1 Å². The second kappa shape index (κ2) is 5.81. The minimum atomic E-state index is -0.607. The summed E-state index contributed by atoms with van der Waals surface area (Å²) in [6.07, 6.45) is 0.712. The van der Waals surface area contributed by atoms with E-state index in [0.717, 1.165) is 0 Å². The van der Waals surface area contributed by atoms with E-state index < -0.39 is 11.4 Å². The van der Waals surface area contributed by atoms with Gasteiger partial charge in [-0.05, 0) is 31.4 Å². The number of fused-ring (bicyclic) bond motifs is 1. The van der Waals surface area contributed by atoms with Crippen LogP contribution in [0.1, 0.15) is 27.2 Å². The molecule has 0 spiro atoms. The third-order valence-corrected chi connectivity index (χ3v) is 3.32. The van der Waals surface area contributed by atoms with Gasteiger partial charge in [-0.2, -0.15) is 4.98 Å². The Morgan fingerprint density at radius 1 is 1.38 bits per heavy atom. The highest BCUT2D eigenvalue weighted by Gasteiger charge is 2.26. The van der Waals surface area contributed by atoms with Gasteiger partial charge in [-0.25, -0.2) is 9.37 Å². The Morgan fingerprint density at radius 3 is 2.71 bits per heavy atom. The summed E-state index contributed by atoms with van der Waals surface area (Å²) >= 11 is 0. The van der Waals surface area contributed by atoms with Crippen molar-refractivity contribution in [3.63, 3.8) is 0 Å². The van der Waals surface area contributed by atoms with Gasteiger partial charge in [-0.3, -0.25) is 0 Å². The molecule has 6 heteroatoms. The zero-order chi connectivity index (χ0) is 15.6. The number of hydrogen-bond donors (Lipinski definition) is 3. The van der Waals surface area contributed by atoms with Gasteiger partial charge in [-0.15, -0.1) is 0 Å². The number of nitrogens with two attached hydrogens (primary N) is 1. The normalized spacial score (nSPS) is 14.4. The molecule has 2 aromatic rings. The van der Waals surface area contributed by atoms with Crippen molar-refractivity contribution >= 4 is 22.7 Å². The van der Waals surface area contributed by atoms with Gasteiger partial charge in [0.1, 0.15) is 11.6 Å². The molecule has 0 saturated heterocycles. The number of rotatable bonds is 5. The highest BCUT2D eigenvalue weighted by Crippen LogP contribution is 2.28. The van der Waals surface area contributed by atoms with E-state index in [0.29, 0.717) is 23.7 Å². The minimum Gasteiger partial charge on any atom is -0.394 e. The van der Waals surface area contributed by atoms with Gasteiger partial charge in [0.05, 0.1) is 23.0 Å². The largest absolute Gasteiger partial charge is 0.394 e. The van der Waals surface area contributed by atoms with Crippen molar-refractivity contribution in [1.82, 2.24) is 9.97 Å². The molecule has 0 saturated carbocycles. The molecule has 1 heterocycles. The lowest BCUT2D eigenvalue weighted by molar-refractivity contribution is 0.202. The smallest absolute Gasteiger partial charge is 0.222 e. The summed E-state index contributed by atoms with van der Waals surface area (Å²) in [7, 11) is 0. The first-order valence-electron chi connectivity index (χ1n) is 6.95. The standard InChI is InChI=1S/C15H21FN4O/c1-9(2)7-15(3,8-21)20-13-12-10(16)5-4-6-11(12)18-14(17)19-13/h4-6,9,21H,7-8H2,1-3H3,(H3,17,18,19,20)/t15-/m1/s1. The summed E-state index contributed by atoms with van der Waals surface area (Å²) < 4.78 is 14.1. The lowest BCUT2D eigenvalue weighted by Gasteiger charge is -2.31. The van der Waals surface area contributed by atoms with Crippen molar-refractivity contribution < 1.29 is 9.50 Å². The van der Waals surface area contributed by atoms with Gasteiger partial charge in [0, 0.05) is 0 Å². The Kier molecular flexibility index (Phi) is 4.27. The zero-order valence-electron chi connectivity index (χ0n) is 12.5. The molecule has 0 amide bonds. The third-order valence-electron chi connectivity index (χ3n) is 3.32. The van der Waals surface area contributed by atoms with E-state index in [1.165, 1.54) is 6.07 Å². The molecule has 0 bridgehead atoms. The first-order valence-corrected chi connectivity index (χ1v) is 6.95. The Bertz CT molecular complexity index is 647. The van der Waals surface area contributed by atoms with Gasteiger partial charge in [-0.1, -0.05) is 19.9 Å². The van der Waals surface area contributed by atoms with Gasteiger partial charge in [0.2, 0.25) is 5.95 Å². The molecule has 1 aromatic heterocycles. The van der Waals surface area contributed by atoms with Crippen LogP contribution in [0.5, 0.6) is 0 Å². The van der Waals surface area contributed by atoms with Crippen LogP contribution >= 0.6 is 0 Å². The second-order valence-electron chi connectivity index (χ2n) is 6.01. The van der Waals surface area contributed by atoms with Crippen LogP contribution in [0.3, 0.4) is 0 Å². The van der Waals surface area contributed by atoms with E-state index in [1.54, 1.807) is 12.1 Å². The fourth-order valence-electron chi connectivity index (χ4n) is 2.59. The molecule has 21 heavy (non-hydrogen) atoms. The number of anilines is 2. The van der Waals surface area contributed by atoms with Gasteiger partial charge < -0.3 is 16.2 Å². The van der Waals surface area contributed by atoms with E-state index >= 15 is 0 Å². The number of aliphatic hydroxyl groups excluding tert-OH is 1. The summed E-state index contributed by atoms with van der Waals surface area (Å²) in [5.74, 6) is 0.331. The molecule has 1 atom stereocenters. The predicted molar refractivity (Wildman–Crippen MR) is 82.5 cm³/mol. The van der Waals surface area contributed by atoms with Gasteiger partial charge >= 0.3 is 0 Å². The van der Waals surface area contributed by atoms with E-state index in [1.807, 2.05) is 6.92 Å². The van der Waals surface area contributed by atoms with E-state index in [4.69, 9.17) is 5.73 Å². The Balaban J connectivity index is 2.50. The first-order chi connectivity index (χ1) is 9.84. The summed E-state index contributed by atoms with van der Waals surface area (Å²) in [6.45, 7) is 5.90. The average molecular weight is 292 g/mol. The Hall–Kier alpha value is -1.95. The van der Waals surface area contributed by atoms with Crippen LogP contribution in [-0.4, -0.2) is 27.2 Å². The van der Waals surface area contributed by atoms with Crippen molar-refractivity contribution in [3.8, 4) is 0 Å². The molecule has 0 fully saturated rings. The third kappa shape index (κ3) is 3.39. The van der Waals surface area contributed by atoms with Crippen LogP contribution in [0.4, 0.5) is 16.2 Å². The highest BCUT2D eigenvalue weighted by molar-refractivity contribution is 5.90. The van der Waals surface area contributed by atoms with Crippen LogP contribution in [0.15, 0.2) is 18.2 Å². The number of nitrogens with zero attached hydrogens (tertiary/aromatic N) is 2. The Morgan fingerprint density at radius 2 is 2.10 bits per heavy atom. The fraction of sp³-hybridized carbons (Fsp3) is 0.467. The van der Waals surface area contributed by atoms with Crippen LogP contribution in [0.25, 0.3) is 10.9 Å². The van der Waals surface area contributed by atoms with Crippen molar-refractivity contribution in [1.29, 1.82) is 0 Å².